The fourth-order valence-corrected chi connectivity index (χ4v) is 5.25. The summed E-state index contributed by atoms with van der Waals surface area (Å²) >= 11 is 0. The van der Waals surface area contributed by atoms with Crippen molar-refractivity contribution in [3.05, 3.63) is 48.9 Å². The van der Waals surface area contributed by atoms with E-state index >= 15 is 0 Å². The maximum Gasteiger partial charge on any atom is 0.135 e. The van der Waals surface area contributed by atoms with Crippen LogP contribution >= 0.6 is 0 Å². The standard InChI is InChI=1S/C24H28N6O2S/c1-25-23-12-20-19(14-26-23)24(16-13-27-29(2)15-16)28-30(20)17-8-10-18(11-9-17)32-21-6-4-5-7-22(21)33(3)31/h4-7,12-15,17-18H,8-11H2,1-3H3,(H,25,26). The second kappa shape index (κ2) is 8.97. The van der Waals surface area contributed by atoms with Gasteiger partial charge in [-0.2, -0.15) is 10.2 Å². The Kier molecular flexibility index (Phi) is 5.88. The summed E-state index contributed by atoms with van der Waals surface area (Å²) in [5.41, 5.74) is 2.97. The lowest BCUT2D eigenvalue weighted by Gasteiger charge is -2.30. The molecule has 0 saturated heterocycles. The highest BCUT2D eigenvalue weighted by atomic mass is 32.2. The summed E-state index contributed by atoms with van der Waals surface area (Å²) in [5.74, 6) is 1.55. The minimum atomic E-state index is -1.07. The van der Waals surface area contributed by atoms with Gasteiger partial charge >= 0.3 is 0 Å². The van der Waals surface area contributed by atoms with Gasteiger partial charge in [0.05, 0.1) is 39.6 Å². The van der Waals surface area contributed by atoms with Crippen LogP contribution in [0.15, 0.2) is 53.8 Å². The third-order valence-electron chi connectivity index (χ3n) is 6.27. The molecule has 1 atom stereocenters. The number of rotatable bonds is 6. The van der Waals surface area contributed by atoms with Gasteiger partial charge in [-0.3, -0.25) is 13.6 Å². The molecule has 1 fully saturated rings. The van der Waals surface area contributed by atoms with Crippen LogP contribution in [0, 0.1) is 0 Å². The Bertz CT molecular complexity index is 1310. The normalized spacial score (nSPS) is 19.5. The number of anilines is 1. The van der Waals surface area contributed by atoms with Crippen molar-refractivity contribution in [2.24, 2.45) is 7.05 Å². The summed E-state index contributed by atoms with van der Waals surface area (Å²) in [7, 11) is 2.71. The van der Waals surface area contributed by atoms with E-state index in [1.807, 2.05) is 57.0 Å². The maximum atomic E-state index is 12.0. The maximum absolute atomic E-state index is 12.0. The molecule has 1 N–H and O–H groups in total. The zero-order valence-corrected chi connectivity index (χ0v) is 19.9. The van der Waals surface area contributed by atoms with Crippen LogP contribution in [0.3, 0.4) is 0 Å². The van der Waals surface area contributed by atoms with Gasteiger partial charge in [-0.15, -0.1) is 0 Å². The quantitative estimate of drug-likeness (QED) is 0.461. The lowest BCUT2D eigenvalue weighted by Crippen LogP contribution is -2.26. The van der Waals surface area contributed by atoms with E-state index in [-0.39, 0.29) is 12.1 Å². The molecule has 1 unspecified atom stereocenters. The molecule has 1 aliphatic rings. The summed E-state index contributed by atoms with van der Waals surface area (Å²) in [4.78, 5) is 5.28. The largest absolute Gasteiger partial charge is 0.489 e. The number of nitrogens with zero attached hydrogens (tertiary/aromatic N) is 5. The van der Waals surface area contributed by atoms with Gasteiger partial charge in [0.2, 0.25) is 0 Å². The molecule has 1 saturated carbocycles. The molecule has 3 heterocycles. The first-order valence-electron chi connectivity index (χ1n) is 11.2. The average molecular weight is 465 g/mol. The van der Waals surface area contributed by atoms with Crippen molar-refractivity contribution < 1.29 is 8.95 Å². The monoisotopic (exact) mass is 464 g/mol. The van der Waals surface area contributed by atoms with Crippen molar-refractivity contribution in [2.45, 2.75) is 42.7 Å². The van der Waals surface area contributed by atoms with E-state index in [0.29, 0.717) is 0 Å². The van der Waals surface area contributed by atoms with E-state index in [2.05, 4.69) is 26.1 Å². The van der Waals surface area contributed by atoms with Gasteiger partial charge in [-0.25, -0.2) is 4.98 Å². The van der Waals surface area contributed by atoms with E-state index in [1.165, 1.54) is 0 Å². The van der Waals surface area contributed by atoms with Crippen LogP contribution in [0.1, 0.15) is 31.7 Å². The Morgan fingerprint density at radius 2 is 1.94 bits per heavy atom. The molecule has 0 aliphatic heterocycles. The highest BCUT2D eigenvalue weighted by molar-refractivity contribution is 7.84. The van der Waals surface area contributed by atoms with Gasteiger partial charge in [-0.05, 0) is 37.8 Å². The molecule has 8 nitrogen and oxygen atoms in total. The SMILES string of the molecule is CNc1cc2c(cn1)c(-c1cnn(C)c1)nn2C1CCC(Oc2ccccc2S(C)=O)CC1. The van der Waals surface area contributed by atoms with Gasteiger partial charge in [0.1, 0.15) is 17.3 Å². The highest BCUT2D eigenvalue weighted by Gasteiger charge is 2.27. The summed E-state index contributed by atoms with van der Waals surface area (Å²) in [6.07, 6.45) is 11.3. The van der Waals surface area contributed by atoms with E-state index in [0.717, 1.165) is 64.3 Å². The molecule has 4 aromatic rings. The molecule has 5 rings (SSSR count). The number of pyridine rings is 1. The highest BCUT2D eigenvalue weighted by Crippen LogP contribution is 2.37. The second-order valence-corrected chi connectivity index (χ2v) is 9.83. The molecule has 1 aromatic carbocycles. The van der Waals surface area contributed by atoms with Crippen LogP contribution < -0.4 is 10.1 Å². The zero-order chi connectivity index (χ0) is 22.9. The molecule has 0 bridgehead atoms. The number of nitrogens with one attached hydrogen (secondary N) is 1. The van der Waals surface area contributed by atoms with Gasteiger partial charge in [0, 0.05) is 49.8 Å². The van der Waals surface area contributed by atoms with Crippen molar-refractivity contribution in [3.63, 3.8) is 0 Å². The summed E-state index contributed by atoms with van der Waals surface area (Å²) in [6, 6.07) is 9.96. The predicted molar refractivity (Wildman–Crippen MR) is 130 cm³/mol. The number of fused-ring (bicyclic) bond motifs is 1. The molecule has 3 aromatic heterocycles. The number of hydrogen-bond donors (Lipinski definition) is 1. The van der Waals surface area contributed by atoms with Gasteiger partial charge in [0.15, 0.2) is 0 Å². The molecular formula is C24H28N6O2S. The van der Waals surface area contributed by atoms with Gasteiger partial charge in [0.25, 0.3) is 0 Å². The van der Waals surface area contributed by atoms with Crippen LogP contribution in [0.2, 0.25) is 0 Å². The fourth-order valence-electron chi connectivity index (χ4n) is 4.58. The smallest absolute Gasteiger partial charge is 0.135 e. The van der Waals surface area contributed by atoms with Crippen molar-refractivity contribution in [3.8, 4) is 17.0 Å². The topological polar surface area (TPSA) is 86.9 Å². The second-order valence-electron chi connectivity index (χ2n) is 8.48. The van der Waals surface area contributed by atoms with Crippen LogP contribution in [-0.4, -0.2) is 48.2 Å². The third kappa shape index (κ3) is 4.25. The Labute approximate surface area is 195 Å². The summed E-state index contributed by atoms with van der Waals surface area (Å²) in [6.45, 7) is 0. The van der Waals surface area contributed by atoms with Crippen molar-refractivity contribution in [1.82, 2.24) is 24.5 Å². The van der Waals surface area contributed by atoms with Gasteiger partial charge in [-0.1, -0.05) is 12.1 Å². The van der Waals surface area contributed by atoms with Crippen molar-refractivity contribution in [1.29, 1.82) is 0 Å². The third-order valence-corrected chi connectivity index (χ3v) is 7.22. The number of aromatic nitrogens is 5. The van der Waals surface area contributed by atoms with Crippen molar-refractivity contribution in [2.75, 3.05) is 18.6 Å². The van der Waals surface area contributed by atoms with Crippen LogP contribution in [0.25, 0.3) is 22.2 Å². The fraction of sp³-hybridized carbons (Fsp3) is 0.375. The lowest BCUT2D eigenvalue weighted by atomic mass is 9.93. The summed E-state index contributed by atoms with van der Waals surface area (Å²) in [5, 5.41) is 13.5. The molecular weight excluding hydrogens is 436 g/mol. The van der Waals surface area contributed by atoms with Crippen LogP contribution in [0.5, 0.6) is 5.75 Å². The van der Waals surface area contributed by atoms with E-state index < -0.39 is 10.8 Å². The van der Waals surface area contributed by atoms with Crippen molar-refractivity contribution >= 4 is 27.5 Å². The molecule has 0 amide bonds. The molecule has 9 heteroatoms. The number of para-hydroxylation sites is 1. The molecule has 33 heavy (non-hydrogen) atoms. The molecule has 1 aliphatic carbocycles. The minimum absolute atomic E-state index is 0.111. The first-order valence-corrected chi connectivity index (χ1v) is 12.7. The first kappa shape index (κ1) is 21.6. The van der Waals surface area contributed by atoms with Gasteiger partial charge < -0.3 is 10.1 Å². The Morgan fingerprint density at radius 3 is 2.64 bits per heavy atom. The molecule has 0 spiro atoms. The number of ether oxygens (including phenoxy) is 1. The van der Waals surface area contributed by atoms with Crippen LogP contribution in [-0.2, 0) is 17.8 Å². The van der Waals surface area contributed by atoms with E-state index in [4.69, 9.17) is 9.84 Å². The van der Waals surface area contributed by atoms with Crippen LogP contribution in [0.4, 0.5) is 5.82 Å². The van der Waals surface area contributed by atoms with E-state index in [9.17, 15) is 4.21 Å². The Balaban J connectivity index is 1.40. The average Bonchev–Trinajstić information content (AvgIpc) is 3.43. The first-order chi connectivity index (χ1) is 16.0. The predicted octanol–water partition coefficient (Wildman–Crippen LogP) is 4.17. The number of aryl methyl sites for hydroxylation is 1. The number of benzene rings is 1. The minimum Gasteiger partial charge on any atom is -0.489 e. The lowest BCUT2D eigenvalue weighted by molar-refractivity contribution is 0.128. The number of hydrogen-bond acceptors (Lipinski definition) is 6. The molecule has 0 radical (unpaired) electrons. The molecule has 172 valence electrons. The van der Waals surface area contributed by atoms with E-state index in [1.54, 1.807) is 10.9 Å². The Morgan fingerprint density at radius 1 is 1.15 bits per heavy atom. The zero-order valence-electron chi connectivity index (χ0n) is 19.1. The summed E-state index contributed by atoms with van der Waals surface area (Å²) < 4.78 is 22.3. The Hall–Kier alpha value is -3.20.